The average molecular weight is 246 g/mol. The van der Waals surface area contributed by atoms with Crippen LogP contribution in [0, 0.1) is 6.92 Å². The van der Waals surface area contributed by atoms with Gasteiger partial charge in [0.1, 0.15) is 5.65 Å². The first kappa shape index (κ1) is 12.4. The number of hydrogen-bond acceptors (Lipinski definition) is 2. The van der Waals surface area contributed by atoms with Gasteiger partial charge in [0, 0.05) is 17.9 Å². The fourth-order valence-corrected chi connectivity index (χ4v) is 1.70. The van der Waals surface area contributed by atoms with Gasteiger partial charge in [-0.05, 0) is 39.8 Å². The van der Waals surface area contributed by atoms with Crippen LogP contribution in [0.1, 0.15) is 26.5 Å². The second kappa shape index (κ2) is 4.33. The smallest absolute Gasteiger partial charge is 0.319 e. The lowest BCUT2D eigenvalue weighted by Gasteiger charge is -2.20. The number of rotatable bonds is 1. The summed E-state index contributed by atoms with van der Waals surface area (Å²) in [6.45, 7) is 7.76. The van der Waals surface area contributed by atoms with E-state index in [9.17, 15) is 4.79 Å². The van der Waals surface area contributed by atoms with Gasteiger partial charge in [-0.2, -0.15) is 0 Å². The molecular weight excluding hydrogens is 228 g/mol. The third-order valence-electron chi connectivity index (χ3n) is 2.32. The second-order valence-corrected chi connectivity index (χ2v) is 5.39. The largest absolute Gasteiger partial charge is 0.333 e. The maximum Gasteiger partial charge on any atom is 0.319 e. The van der Waals surface area contributed by atoms with Gasteiger partial charge in [0.15, 0.2) is 0 Å². The van der Waals surface area contributed by atoms with Gasteiger partial charge < -0.3 is 15.0 Å². The summed E-state index contributed by atoms with van der Waals surface area (Å²) in [5.41, 5.74) is 2.31. The monoisotopic (exact) mass is 246 g/mol. The van der Waals surface area contributed by atoms with Crippen molar-refractivity contribution in [1.82, 2.24) is 14.7 Å². The molecule has 0 radical (unpaired) electrons. The quantitative estimate of drug-likeness (QED) is 0.812. The van der Waals surface area contributed by atoms with E-state index >= 15 is 0 Å². The van der Waals surface area contributed by atoms with Gasteiger partial charge in [0.25, 0.3) is 0 Å². The molecule has 2 amide bonds. The molecule has 0 atom stereocenters. The van der Waals surface area contributed by atoms with Crippen LogP contribution in [0.25, 0.3) is 5.65 Å². The van der Waals surface area contributed by atoms with Crippen molar-refractivity contribution >= 4 is 17.4 Å². The lowest BCUT2D eigenvalue weighted by atomic mass is 10.1. The Hall–Kier alpha value is -2.04. The van der Waals surface area contributed by atoms with Gasteiger partial charge in [-0.1, -0.05) is 0 Å². The van der Waals surface area contributed by atoms with E-state index in [1.165, 1.54) is 0 Å². The molecule has 5 heteroatoms. The van der Waals surface area contributed by atoms with E-state index in [-0.39, 0.29) is 11.6 Å². The Morgan fingerprint density at radius 3 is 2.67 bits per heavy atom. The predicted molar refractivity (Wildman–Crippen MR) is 71.8 cm³/mol. The zero-order valence-electron chi connectivity index (χ0n) is 11.1. The van der Waals surface area contributed by atoms with E-state index in [1.54, 1.807) is 0 Å². The highest BCUT2D eigenvalue weighted by atomic mass is 16.2. The first-order valence-corrected chi connectivity index (χ1v) is 5.88. The molecule has 2 aromatic heterocycles. The Labute approximate surface area is 106 Å². The maximum absolute atomic E-state index is 11.7. The van der Waals surface area contributed by atoms with Crippen LogP contribution in [0.4, 0.5) is 10.5 Å². The average Bonchev–Trinajstić information content (AvgIpc) is 2.53. The van der Waals surface area contributed by atoms with Gasteiger partial charge in [-0.25, -0.2) is 9.78 Å². The number of fused-ring (bicyclic) bond motifs is 1. The molecule has 18 heavy (non-hydrogen) atoms. The maximum atomic E-state index is 11.7. The number of nitrogens with zero attached hydrogens (tertiary/aromatic N) is 2. The molecular formula is C13H18N4O. The number of aromatic nitrogens is 2. The van der Waals surface area contributed by atoms with Crippen molar-refractivity contribution in [2.75, 3.05) is 5.32 Å². The highest BCUT2D eigenvalue weighted by molar-refractivity contribution is 5.89. The van der Waals surface area contributed by atoms with Crippen LogP contribution in [0.5, 0.6) is 0 Å². The minimum absolute atomic E-state index is 0.210. The van der Waals surface area contributed by atoms with Crippen molar-refractivity contribution in [3.8, 4) is 0 Å². The van der Waals surface area contributed by atoms with Crippen molar-refractivity contribution in [3.05, 3.63) is 30.2 Å². The fourth-order valence-electron chi connectivity index (χ4n) is 1.70. The number of carbonyl (C=O) groups excluding carboxylic acids is 1. The number of aryl methyl sites for hydroxylation is 1. The summed E-state index contributed by atoms with van der Waals surface area (Å²) in [5.74, 6) is 0. The molecule has 2 heterocycles. The molecule has 5 nitrogen and oxygen atoms in total. The van der Waals surface area contributed by atoms with Crippen molar-refractivity contribution in [2.45, 2.75) is 33.2 Å². The molecule has 0 unspecified atom stereocenters. The van der Waals surface area contributed by atoms with Crippen LogP contribution >= 0.6 is 0 Å². The Morgan fingerprint density at radius 2 is 2.00 bits per heavy atom. The minimum atomic E-state index is -0.250. The van der Waals surface area contributed by atoms with E-state index in [0.717, 1.165) is 17.0 Å². The topological polar surface area (TPSA) is 58.4 Å². The number of nitrogens with one attached hydrogen (secondary N) is 2. The number of urea groups is 1. The van der Waals surface area contributed by atoms with Crippen LogP contribution in [0.15, 0.2) is 24.5 Å². The van der Waals surface area contributed by atoms with Gasteiger partial charge in [0.2, 0.25) is 0 Å². The number of pyridine rings is 1. The summed E-state index contributed by atoms with van der Waals surface area (Å²) in [6.07, 6.45) is 3.76. The van der Waals surface area contributed by atoms with Crippen molar-refractivity contribution in [3.63, 3.8) is 0 Å². The highest BCUT2D eigenvalue weighted by Gasteiger charge is 2.13. The molecule has 2 rings (SSSR count). The molecule has 0 saturated heterocycles. The Morgan fingerprint density at radius 1 is 1.28 bits per heavy atom. The van der Waals surface area contributed by atoms with E-state index in [2.05, 4.69) is 15.6 Å². The van der Waals surface area contributed by atoms with Gasteiger partial charge in [-0.3, -0.25) is 0 Å². The van der Waals surface area contributed by atoms with Crippen LogP contribution in [-0.2, 0) is 0 Å². The molecule has 0 aliphatic carbocycles. The number of anilines is 1. The summed E-state index contributed by atoms with van der Waals surface area (Å²) in [5, 5.41) is 5.65. The fraction of sp³-hybridized carbons (Fsp3) is 0.385. The number of carbonyl (C=O) groups is 1. The lowest BCUT2D eigenvalue weighted by Crippen LogP contribution is -2.43. The summed E-state index contributed by atoms with van der Waals surface area (Å²) in [6, 6.07) is 3.50. The molecule has 0 fully saturated rings. The number of hydrogen-bond donors (Lipinski definition) is 2. The molecule has 0 spiro atoms. The SMILES string of the molecule is Cc1cn2cc(NC(=O)NC(C)(C)C)ccc2n1. The minimum Gasteiger partial charge on any atom is -0.333 e. The summed E-state index contributed by atoms with van der Waals surface area (Å²) >= 11 is 0. The molecule has 2 aromatic rings. The zero-order chi connectivity index (χ0) is 13.3. The zero-order valence-corrected chi connectivity index (χ0v) is 11.1. The van der Waals surface area contributed by atoms with Crippen LogP contribution < -0.4 is 10.6 Å². The summed E-state index contributed by atoms with van der Waals surface area (Å²) in [7, 11) is 0. The standard InChI is InChI=1S/C13H18N4O/c1-9-7-17-8-10(5-6-11(17)14-9)15-12(18)16-13(2,3)4/h5-8H,1-4H3,(H2,15,16,18). The number of amides is 2. The van der Waals surface area contributed by atoms with Crippen LogP contribution in [0.2, 0.25) is 0 Å². The molecule has 0 aliphatic rings. The molecule has 0 bridgehead atoms. The normalized spacial score (nSPS) is 11.6. The molecule has 96 valence electrons. The second-order valence-electron chi connectivity index (χ2n) is 5.39. The van der Waals surface area contributed by atoms with Gasteiger partial charge in [0.05, 0.1) is 11.4 Å². The van der Waals surface area contributed by atoms with Gasteiger partial charge in [-0.15, -0.1) is 0 Å². The summed E-state index contributed by atoms with van der Waals surface area (Å²) < 4.78 is 1.89. The lowest BCUT2D eigenvalue weighted by molar-refractivity contribution is 0.244. The Balaban J connectivity index is 2.14. The van der Waals surface area contributed by atoms with E-state index in [0.29, 0.717) is 0 Å². The third-order valence-corrected chi connectivity index (χ3v) is 2.32. The molecule has 2 N–H and O–H groups in total. The predicted octanol–water partition coefficient (Wildman–Crippen LogP) is 2.56. The Kier molecular flexibility index (Phi) is 2.98. The number of imidazole rings is 1. The first-order chi connectivity index (χ1) is 8.33. The van der Waals surface area contributed by atoms with Gasteiger partial charge >= 0.3 is 6.03 Å². The first-order valence-electron chi connectivity index (χ1n) is 5.88. The van der Waals surface area contributed by atoms with E-state index in [1.807, 2.05) is 56.6 Å². The third kappa shape index (κ3) is 3.00. The highest BCUT2D eigenvalue weighted by Crippen LogP contribution is 2.11. The van der Waals surface area contributed by atoms with Crippen molar-refractivity contribution < 1.29 is 4.79 Å². The van der Waals surface area contributed by atoms with Crippen molar-refractivity contribution in [2.24, 2.45) is 0 Å². The molecule has 0 aliphatic heterocycles. The molecule has 0 saturated carbocycles. The van der Waals surface area contributed by atoms with E-state index < -0.39 is 0 Å². The molecule has 0 aromatic carbocycles. The van der Waals surface area contributed by atoms with E-state index in [4.69, 9.17) is 0 Å². The van der Waals surface area contributed by atoms with Crippen molar-refractivity contribution in [1.29, 1.82) is 0 Å². The van der Waals surface area contributed by atoms with Crippen LogP contribution in [-0.4, -0.2) is 21.0 Å². The Bertz CT molecular complexity index is 580. The van der Waals surface area contributed by atoms with Crippen LogP contribution in [0.3, 0.4) is 0 Å². The summed E-state index contributed by atoms with van der Waals surface area (Å²) in [4.78, 5) is 16.0.